The minimum atomic E-state index is -4.13. The zero-order chi connectivity index (χ0) is 9.52. The van der Waals surface area contributed by atoms with Crippen molar-refractivity contribution in [2.24, 2.45) is 7.05 Å². The highest BCUT2D eigenvalue weighted by Gasteiger charge is 2.20. The molecule has 0 spiro atoms. The maximum atomic E-state index is 10.8. The van der Waals surface area contributed by atoms with Crippen LogP contribution in [0.5, 0.6) is 0 Å². The highest BCUT2D eigenvalue weighted by atomic mass is 35.5. The molecule has 0 unspecified atom stereocenters. The molecule has 0 saturated heterocycles. The van der Waals surface area contributed by atoms with Crippen LogP contribution >= 0.6 is 12.4 Å². The molecule has 13 heavy (non-hydrogen) atoms. The standard InChI is InChI=1S/C6H10N2O3S.ClH/c1-4-6(12(9,10)11)5(2)8(3)7-4;/h1-3H3,(H,9,10,11);1H. The lowest BCUT2D eigenvalue weighted by Crippen LogP contribution is -2.01. The third kappa shape index (κ3) is 2.20. The van der Waals surface area contributed by atoms with Crippen LogP contribution in [-0.4, -0.2) is 22.8 Å². The van der Waals surface area contributed by atoms with Gasteiger partial charge < -0.3 is 0 Å². The van der Waals surface area contributed by atoms with Gasteiger partial charge in [0.1, 0.15) is 4.90 Å². The van der Waals surface area contributed by atoms with E-state index in [0.717, 1.165) is 0 Å². The molecular weight excluding hydrogens is 216 g/mol. The molecule has 1 aromatic heterocycles. The first-order valence-electron chi connectivity index (χ1n) is 3.31. The molecule has 1 rings (SSSR count). The van der Waals surface area contributed by atoms with Crippen molar-refractivity contribution in [2.75, 3.05) is 0 Å². The van der Waals surface area contributed by atoms with Gasteiger partial charge in [-0.25, -0.2) is 0 Å². The Kier molecular flexibility index (Phi) is 3.48. The first-order chi connectivity index (χ1) is 5.34. The van der Waals surface area contributed by atoms with Gasteiger partial charge in [0.05, 0.1) is 11.4 Å². The minimum absolute atomic E-state index is 0. The fraction of sp³-hybridized carbons (Fsp3) is 0.500. The van der Waals surface area contributed by atoms with Crippen molar-refractivity contribution in [1.82, 2.24) is 9.78 Å². The van der Waals surface area contributed by atoms with Crippen molar-refractivity contribution in [2.45, 2.75) is 18.7 Å². The molecule has 0 bridgehead atoms. The van der Waals surface area contributed by atoms with Gasteiger partial charge in [-0.05, 0) is 13.8 Å². The Morgan fingerprint density at radius 3 is 2.00 bits per heavy atom. The maximum absolute atomic E-state index is 10.8. The Hall–Kier alpha value is -0.590. The van der Waals surface area contributed by atoms with Crippen LogP contribution in [0, 0.1) is 13.8 Å². The van der Waals surface area contributed by atoms with Crippen LogP contribution < -0.4 is 0 Å². The van der Waals surface area contributed by atoms with E-state index in [1.165, 1.54) is 11.6 Å². The SMILES string of the molecule is Cc1nn(C)c(C)c1S(=O)(=O)O.Cl. The number of hydrogen-bond acceptors (Lipinski definition) is 3. The molecule has 0 aliphatic carbocycles. The zero-order valence-corrected chi connectivity index (χ0v) is 9.11. The summed E-state index contributed by atoms with van der Waals surface area (Å²) in [5.41, 5.74) is 0.757. The van der Waals surface area contributed by atoms with Crippen molar-refractivity contribution in [3.8, 4) is 0 Å². The summed E-state index contributed by atoms with van der Waals surface area (Å²) < 4.78 is 31.8. The molecule has 0 radical (unpaired) electrons. The monoisotopic (exact) mass is 226 g/mol. The number of aromatic nitrogens is 2. The van der Waals surface area contributed by atoms with Crippen LogP contribution in [0.3, 0.4) is 0 Å². The van der Waals surface area contributed by atoms with E-state index < -0.39 is 10.1 Å². The molecule has 1 N–H and O–H groups in total. The second-order valence-corrected chi connectivity index (χ2v) is 3.96. The zero-order valence-electron chi connectivity index (χ0n) is 7.47. The molecule has 0 aliphatic heterocycles. The maximum Gasteiger partial charge on any atom is 0.298 e. The third-order valence-electron chi connectivity index (χ3n) is 1.70. The van der Waals surface area contributed by atoms with Gasteiger partial charge in [-0.1, -0.05) is 0 Å². The van der Waals surface area contributed by atoms with E-state index in [2.05, 4.69) is 5.10 Å². The van der Waals surface area contributed by atoms with Crippen LogP contribution in [0.15, 0.2) is 4.90 Å². The average Bonchev–Trinajstić information content (AvgIpc) is 2.05. The van der Waals surface area contributed by atoms with Crippen LogP contribution in [0.1, 0.15) is 11.4 Å². The first kappa shape index (κ1) is 12.4. The molecule has 0 fully saturated rings. The summed E-state index contributed by atoms with van der Waals surface area (Å²) >= 11 is 0. The lowest BCUT2D eigenvalue weighted by atomic mass is 10.4. The molecule has 0 amide bonds. The van der Waals surface area contributed by atoms with Crippen molar-refractivity contribution in [3.63, 3.8) is 0 Å². The van der Waals surface area contributed by atoms with Gasteiger partial charge in [-0.3, -0.25) is 9.23 Å². The molecular formula is C6H11ClN2O3S. The van der Waals surface area contributed by atoms with Gasteiger partial charge in [-0.2, -0.15) is 13.5 Å². The second-order valence-electron chi connectivity index (χ2n) is 2.60. The fourth-order valence-electron chi connectivity index (χ4n) is 1.13. The summed E-state index contributed by atoms with van der Waals surface area (Å²) in [5.74, 6) is 0. The van der Waals surface area contributed by atoms with Crippen LogP contribution in [0.4, 0.5) is 0 Å². The second kappa shape index (κ2) is 3.65. The topological polar surface area (TPSA) is 72.2 Å². The molecule has 76 valence electrons. The van der Waals surface area contributed by atoms with Crippen molar-refractivity contribution in [3.05, 3.63) is 11.4 Å². The molecule has 1 heterocycles. The first-order valence-corrected chi connectivity index (χ1v) is 4.75. The van der Waals surface area contributed by atoms with Crippen LogP contribution in [0.25, 0.3) is 0 Å². The van der Waals surface area contributed by atoms with Crippen molar-refractivity contribution >= 4 is 22.5 Å². The van der Waals surface area contributed by atoms with Gasteiger partial charge in [0.25, 0.3) is 10.1 Å². The predicted molar refractivity (Wildman–Crippen MR) is 49.7 cm³/mol. The molecule has 0 saturated carbocycles. The summed E-state index contributed by atoms with van der Waals surface area (Å²) in [6.07, 6.45) is 0. The molecule has 5 nitrogen and oxygen atoms in total. The van der Waals surface area contributed by atoms with E-state index in [-0.39, 0.29) is 17.3 Å². The van der Waals surface area contributed by atoms with Crippen LogP contribution in [-0.2, 0) is 17.2 Å². The number of aryl methyl sites for hydroxylation is 2. The summed E-state index contributed by atoms with van der Waals surface area (Å²) in [5, 5.41) is 3.85. The molecule has 0 atom stereocenters. The Morgan fingerprint density at radius 1 is 1.38 bits per heavy atom. The van der Waals surface area contributed by atoms with Gasteiger partial charge in [0, 0.05) is 7.05 Å². The van der Waals surface area contributed by atoms with Gasteiger partial charge in [0.2, 0.25) is 0 Å². The molecule has 1 aromatic rings. The Labute approximate surface area is 82.9 Å². The predicted octanol–water partition coefficient (Wildman–Crippen LogP) is 0.705. The largest absolute Gasteiger partial charge is 0.298 e. The lowest BCUT2D eigenvalue weighted by Gasteiger charge is -1.95. The number of rotatable bonds is 1. The van der Waals surface area contributed by atoms with Crippen LogP contribution in [0.2, 0.25) is 0 Å². The number of halogens is 1. The summed E-state index contributed by atoms with van der Waals surface area (Å²) in [4.78, 5) is -0.0926. The van der Waals surface area contributed by atoms with Crippen molar-refractivity contribution < 1.29 is 13.0 Å². The van der Waals surface area contributed by atoms with Gasteiger partial charge in [0.15, 0.2) is 0 Å². The summed E-state index contributed by atoms with van der Waals surface area (Å²) in [7, 11) is -2.50. The highest BCUT2D eigenvalue weighted by Crippen LogP contribution is 2.17. The van der Waals surface area contributed by atoms with E-state index in [0.29, 0.717) is 11.4 Å². The Bertz CT molecular complexity index is 410. The third-order valence-corrected chi connectivity index (χ3v) is 2.81. The van der Waals surface area contributed by atoms with Crippen molar-refractivity contribution in [1.29, 1.82) is 0 Å². The quantitative estimate of drug-likeness (QED) is 0.716. The number of hydrogen-bond donors (Lipinski definition) is 1. The Morgan fingerprint density at radius 2 is 1.85 bits per heavy atom. The highest BCUT2D eigenvalue weighted by molar-refractivity contribution is 7.86. The summed E-state index contributed by atoms with van der Waals surface area (Å²) in [6, 6.07) is 0. The van der Waals surface area contributed by atoms with E-state index in [4.69, 9.17) is 4.55 Å². The Balaban J connectivity index is 0.00000144. The number of nitrogens with zero attached hydrogens (tertiary/aromatic N) is 2. The van der Waals surface area contributed by atoms with E-state index in [9.17, 15) is 8.42 Å². The summed E-state index contributed by atoms with van der Waals surface area (Å²) in [6.45, 7) is 3.12. The molecule has 0 aliphatic rings. The average molecular weight is 227 g/mol. The van der Waals surface area contributed by atoms with E-state index in [1.54, 1.807) is 14.0 Å². The van der Waals surface area contributed by atoms with Gasteiger partial charge in [-0.15, -0.1) is 12.4 Å². The van der Waals surface area contributed by atoms with E-state index in [1.807, 2.05) is 0 Å². The van der Waals surface area contributed by atoms with Gasteiger partial charge >= 0.3 is 0 Å². The fourth-order valence-corrected chi connectivity index (χ4v) is 2.05. The molecule has 7 heteroatoms. The minimum Gasteiger partial charge on any atom is -0.282 e. The van der Waals surface area contributed by atoms with E-state index >= 15 is 0 Å². The normalized spacial score (nSPS) is 11.1. The molecule has 0 aromatic carbocycles. The smallest absolute Gasteiger partial charge is 0.282 e. The lowest BCUT2D eigenvalue weighted by molar-refractivity contribution is 0.481.